The van der Waals surface area contributed by atoms with Crippen molar-refractivity contribution < 1.29 is 4.74 Å². The average Bonchev–Trinajstić information content (AvgIpc) is 3.42. The van der Waals surface area contributed by atoms with Crippen molar-refractivity contribution in [3.63, 3.8) is 0 Å². The first-order chi connectivity index (χ1) is 16.0. The van der Waals surface area contributed by atoms with E-state index in [0.717, 1.165) is 36.2 Å². The minimum absolute atomic E-state index is 0.0423. The van der Waals surface area contributed by atoms with Crippen molar-refractivity contribution >= 4 is 33.2 Å². The summed E-state index contributed by atoms with van der Waals surface area (Å²) in [7, 11) is 0. The van der Waals surface area contributed by atoms with Crippen molar-refractivity contribution in [2.45, 2.75) is 46.3 Å². The van der Waals surface area contributed by atoms with Gasteiger partial charge in [0.25, 0.3) is 5.56 Å². The van der Waals surface area contributed by atoms with E-state index in [4.69, 9.17) is 19.7 Å². The Morgan fingerprint density at radius 2 is 1.76 bits per heavy atom. The van der Waals surface area contributed by atoms with Gasteiger partial charge in [-0.15, -0.1) is 0 Å². The molecule has 1 atom stereocenters. The van der Waals surface area contributed by atoms with Gasteiger partial charge in [-0.25, -0.2) is 15.0 Å². The third-order valence-corrected chi connectivity index (χ3v) is 6.71. The predicted molar refractivity (Wildman–Crippen MR) is 129 cm³/mol. The van der Waals surface area contributed by atoms with Gasteiger partial charge in [0.2, 0.25) is 0 Å². The third-order valence-electron chi connectivity index (χ3n) is 6.71. The van der Waals surface area contributed by atoms with Gasteiger partial charge in [-0.1, -0.05) is 18.2 Å². The van der Waals surface area contributed by atoms with Crippen LogP contribution in [0.25, 0.3) is 38.9 Å². The number of ether oxygens (including phenoxy) is 1. The lowest BCUT2D eigenvalue weighted by atomic mass is 10.1. The summed E-state index contributed by atoms with van der Waals surface area (Å²) in [5.74, 6) is 0.667. The molecule has 0 aliphatic carbocycles. The molecule has 0 bridgehead atoms. The van der Waals surface area contributed by atoms with E-state index in [9.17, 15) is 4.79 Å². The minimum atomic E-state index is -0.0924. The second kappa shape index (κ2) is 7.49. The van der Waals surface area contributed by atoms with Gasteiger partial charge < -0.3 is 4.74 Å². The van der Waals surface area contributed by atoms with Gasteiger partial charge in [0.05, 0.1) is 23.7 Å². The molecule has 0 unspecified atom stereocenters. The maximum Gasteiger partial charge on any atom is 0.265 e. The molecular weight excluding hydrogens is 414 g/mol. The van der Waals surface area contributed by atoms with Crippen molar-refractivity contribution in [1.29, 1.82) is 0 Å². The standard InChI is InChI=1S/C26H25N5O2/c1-15-10-11-18(13-16(15)2)31-24-22(23-25(31)29-21-9-5-4-8-20(21)28-23)26(32)30(17(3)27-24)14-19-7-6-12-33-19/h4-5,8-11,13,19H,6-7,12,14H2,1-3H3/t19-/m0/s1. The fourth-order valence-electron chi connectivity index (χ4n) is 4.75. The van der Waals surface area contributed by atoms with Crippen molar-refractivity contribution in [1.82, 2.24) is 24.1 Å². The third kappa shape index (κ3) is 3.15. The first-order valence-corrected chi connectivity index (χ1v) is 11.4. The van der Waals surface area contributed by atoms with Crippen LogP contribution in [0.15, 0.2) is 47.3 Å². The summed E-state index contributed by atoms with van der Waals surface area (Å²) in [5, 5.41) is 0.505. The molecule has 2 aromatic carbocycles. The number of hydrogen-bond donors (Lipinski definition) is 0. The molecule has 3 aromatic heterocycles. The van der Waals surface area contributed by atoms with Crippen LogP contribution in [0.5, 0.6) is 0 Å². The Bertz CT molecular complexity index is 1610. The largest absolute Gasteiger partial charge is 0.376 e. The smallest absolute Gasteiger partial charge is 0.265 e. The number of benzene rings is 2. The van der Waals surface area contributed by atoms with Crippen LogP contribution in [-0.2, 0) is 11.3 Å². The Morgan fingerprint density at radius 1 is 0.970 bits per heavy atom. The Balaban J connectivity index is 1.72. The van der Waals surface area contributed by atoms with Crippen LogP contribution in [0.1, 0.15) is 29.8 Å². The zero-order valence-electron chi connectivity index (χ0n) is 19.0. The summed E-state index contributed by atoms with van der Waals surface area (Å²) in [6.07, 6.45) is 2.02. The molecule has 0 radical (unpaired) electrons. The van der Waals surface area contributed by atoms with E-state index < -0.39 is 0 Å². The number of fused-ring (bicyclic) bond motifs is 4. The van der Waals surface area contributed by atoms with E-state index >= 15 is 0 Å². The predicted octanol–water partition coefficient (Wildman–Crippen LogP) is 4.39. The lowest BCUT2D eigenvalue weighted by molar-refractivity contribution is 0.0955. The van der Waals surface area contributed by atoms with Gasteiger partial charge >= 0.3 is 0 Å². The average molecular weight is 440 g/mol. The van der Waals surface area contributed by atoms with E-state index in [1.54, 1.807) is 4.57 Å². The molecule has 0 amide bonds. The summed E-state index contributed by atoms with van der Waals surface area (Å²) < 4.78 is 9.51. The molecular formula is C26H25N5O2. The summed E-state index contributed by atoms with van der Waals surface area (Å²) in [6, 6.07) is 14.0. The van der Waals surface area contributed by atoms with Crippen molar-refractivity contribution in [3.05, 3.63) is 69.8 Å². The summed E-state index contributed by atoms with van der Waals surface area (Å²) in [5.41, 5.74) is 6.57. The van der Waals surface area contributed by atoms with Gasteiger partial charge in [-0.05, 0) is 69.0 Å². The van der Waals surface area contributed by atoms with Crippen molar-refractivity contribution in [3.8, 4) is 5.69 Å². The highest BCUT2D eigenvalue weighted by molar-refractivity contribution is 6.05. The van der Waals surface area contributed by atoms with Gasteiger partial charge in [0.1, 0.15) is 16.7 Å². The zero-order valence-corrected chi connectivity index (χ0v) is 19.0. The highest BCUT2D eigenvalue weighted by atomic mass is 16.5. The number of aromatic nitrogens is 5. The van der Waals surface area contributed by atoms with E-state index in [1.807, 2.05) is 41.8 Å². The molecule has 7 nitrogen and oxygen atoms in total. The zero-order chi connectivity index (χ0) is 22.7. The van der Waals surface area contributed by atoms with E-state index in [0.29, 0.717) is 34.6 Å². The Labute approximate surface area is 190 Å². The maximum absolute atomic E-state index is 13.8. The quantitative estimate of drug-likeness (QED) is 0.417. The van der Waals surface area contributed by atoms with Gasteiger partial charge in [0.15, 0.2) is 11.3 Å². The topological polar surface area (TPSA) is 74.8 Å². The number of rotatable bonds is 3. The van der Waals surface area contributed by atoms with Gasteiger partial charge in [-0.3, -0.25) is 13.9 Å². The number of aryl methyl sites for hydroxylation is 3. The minimum Gasteiger partial charge on any atom is -0.376 e. The second-order valence-corrected chi connectivity index (χ2v) is 8.90. The second-order valence-electron chi connectivity index (χ2n) is 8.90. The highest BCUT2D eigenvalue weighted by Crippen LogP contribution is 2.29. The molecule has 5 aromatic rings. The van der Waals surface area contributed by atoms with Crippen LogP contribution in [0, 0.1) is 20.8 Å². The molecule has 1 aliphatic heterocycles. The molecule has 0 spiro atoms. The monoisotopic (exact) mass is 439 g/mol. The molecule has 166 valence electrons. The number of nitrogens with zero attached hydrogens (tertiary/aromatic N) is 5. The van der Waals surface area contributed by atoms with Crippen LogP contribution >= 0.6 is 0 Å². The van der Waals surface area contributed by atoms with Crippen LogP contribution in [-0.4, -0.2) is 36.8 Å². The van der Waals surface area contributed by atoms with Crippen LogP contribution < -0.4 is 5.56 Å². The molecule has 1 aliphatic rings. The summed E-state index contributed by atoms with van der Waals surface area (Å²) >= 11 is 0. The van der Waals surface area contributed by atoms with Crippen LogP contribution in [0.4, 0.5) is 0 Å². The molecule has 33 heavy (non-hydrogen) atoms. The van der Waals surface area contributed by atoms with E-state index in [2.05, 4.69) is 26.0 Å². The van der Waals surface area contributed by atoms with E-state index in [-0.39, 0.29) is 11.7 Å². The molecule has 4 heterocycles. The molecule has 0 saturated carbocycles. The first-order valence-electron chi connectivity index (χ1n) is 11.4. The van der Waals surface area contributed by atoms with Gasteiger partial charge in [-0.2, -0.15) is 0 Å². The van der Waals surface area contributed by atoms with Crippen LogP contribution in [0.3, 0.4) is 0 Å². The number of hydrogen-bond acceptors (Lipinski definition) is 5. The van der Waals surface area contributed by atoms with E-state index in [1.165, 1.54) is 11.1 Å². The van der Waals surface area contributed by atoms with Crippen LogP contribution in [0.2, 0.25) is 0 Å². The molecule has 1 saturated heterocycles. The molecule has 1 fully saturated rings. The highest BCUT2D eigenvalue weighted by Gasteiger charge is 2.24. The van der Waals surface area contributed by atoms with Gasteiger partial charge in [0, 0.05) is 12.3 Å². The first kappa shape index (κ1) is 20.1. The Kier molecular flexibility index (Phi) is 4.55. The van der Waals surface area contributed by atoms with Crippen molar-refractivity contribution in [2.75, 3.05) is 6.61 Å². The molecule has 0 N–H and O–H groups in total. The fraction of sp³-hybridized carbons (Fsp3) is 0.308. The lowest BCUT2D eigenvalue weighted by Gasteiger charge is -2.15. The maximum atomic E-state index is 13.8. The lowest BCUT2D eigenvalue weighted by Crippen LogP contribution is -2.29. The normalized spacial score (nSPS) is 16.4. The summed E-state index contributed by atoms with van der Waals surface area (Å²) in [4.78, 5) is 28.6. The molecule has 7 heteroatoms. The molecule has 6 rings (SSSR count). The van der Waals surface area contributed by atoms with Crippen molar-refractivity contribution in [2.24, 2.45) is 0 Å². The SMILES string of the molecule is Cc1ccc(-n2c3nc4ccccc4nc3c3c(=O)n(C[C@@H]4CCCO4)c(C)nc32)cc1C. The Hall–Kier alpha value is -3.58. The summed E-state index contributed by atoms with van der Waals surface area (Å²) in [6.45, 7) is 7.31. The Morgan fingerprint density at radius 3 is 2.48 bits per heavy atom. The number of para-hydroxylation sites is 2. The fourth-order valence-corrected chi connectivity index (χ4v) is 4.75.